The van der Waals surface area contributed by atoms with Gasteiger partial charge in [0.15, 0.2) is 5.11 Å². The van der Waals surface area contributed by atoms with E-state index < -0.39 is 16.7 Å². The third-order valence-corrected chi connectivity index (χ3v) is 6.83. The SMILES string of the molecule is CC(=O)N1CCN(c2ccc([N+](=O)[O-])cc2/C=C2/C(=O)NC(=S)N(c3c(C)cc(C)cc3C)C2=O)CC1. The van der Waals surface area contributed by atoms with Crippen molar-refractivity contribution in [1.29, 1.82) is 0 Å². The summed E-state index contributed by atoms with van der Waals surface area (Å²) in [7, 11) is 0. The normalized spacial score (nSPS) is 17.4. The maximum Gasteiger partial charge on any atom is 0.270 e. The van der Waals surface area contributed by atoms with E-state index in [0.29, 0.717) is 43.1 Å². The van der Waals surface area contributed by atoms with E-state index in [1.165, 1.54) is 30.0 Å². The number of nitro groups is 1. The van der Waals surface area contributed by atoms with Gasteiger partial charge in [-0.1, -0.05) is 17.7 Å². The molecule has 0 saturated carbocycles. The Hall–Kier alpha value is -4.12. The summed E-state index contributed by atoms with van der Waals surface area (Å²) in [5, 5.41) is 14.1. The van der Waals surface area contributed by atoms with Gasteiger partial charge in [0.05, 0.1) is 10.6 Å². The molecular formula is C26H27N5O5S. The Kier molecular flexibility index (Phi) is 7.08. The van der Waals surface area contributed by atoms with Crippen molar-refractivity contribution in [3.05, 3.63) is 68.3 Å². The summed E-state index contributed by atoms with van der Waals surface area (Å²) in [6, 6.07) is 8.20. The molecule has 11 heteroatoms. The number of hydrogen-bond donors (Lipinski definition) is 1. The third-order valence-electron chi connectivity index (χ3n) is 6.55. The van der Waals surface area contributed by atoms with Gasteiger partial charge in [-0.15, -0.1) is 0 Å². The standard InChI is InChI=1S/C26H27N5O5S/c1-15-11-16(2)23(17(3)12-15)30-25(34)21(24(33)27-26(30)37)14-19-13-20(31(35)36)5-6-22(19)29-9-7-28(8-10-29)18(4)32/h5-6,11-14H,7-10H2,1-4H3,(H,27,33,37)/b21-14-. The van der Waals surface area contributed by atoms with Crippen LogP contribution >= 0.6 is 12.2 Å². The average Bonchev–Trinajstić information content (AvgIpc) is 2.83. The van der Waals surface area contributed by atoms with Gasteiger partial charge in [-0.05, 0) is 56.3 Å². The minimum absolute atomic E-state index is 0.0204. The van der Waals surface area contributed by atoms with Crippen LogP contribution < -0.4 is 15.1 Å². The Labute approximate surface area is 219 Å². The van der Waals surface area contributed by atoms with Crippen molar-refractivity contribution in [2.75, 3.05) is 36.0 Å². The van der Waals surface area contributed by atoms with Crippen molar-refractivity contribution >= 4 is 58.2 Å². The highest BCUT2D eigenvalue weighted by molar-refractivity contribution is 7.80. The highest BCUT2D eigenvalue weighted by Gasteiger charge is 2.36. The monoisotopic (exact) mass is 521 g/mol. The zero-order chi connectivity index (χ0) is 27.0. The highest BCUT2D eigenvalue weighted by Crippen LogP contribution is 2.32. The van der Waals surface area contributed by atoms with Crippen LogP contribution in [0.25, 0.3) is 6.08 Å². The molecular weight excluding hydrogens is 494 g/mol. The van der Waals surface area contributed by atoms with Gasteiger partial charge in [0, 0.05) is 56.5 Å². The van der Waals surface area contributed by atoms with E-state index in [-0.39, 0.29) is 22.3 Å². The van der Waals surface area contributed by atoms with E-state index in [0.717, 1.165) is 16.7 Å². The number of piperazine rings is 1. The van der Waals surface area contributed by atoms with Crippen LogP contribution in [0.1, 0.15) is 29.2 Å². The molecule has 0 unspecified atom stereocenters. The zero-order valence-corrected chi connectivity index (χ0v) is 21.8. The first kappa shape index (κ1) is 26.0. The van der Waals surface area contributed by atoms with E-state index in [1.807, 2.05) is 37.8 Å². The number of rotatable bonds is 4. The van der Waals surface area contributed by atoms with Gasteiger partial charge in [0.1, 0.15) is 5.57 Å². The van der Waals surface area contributed by atoms with Gasteiger partial charge < -0.3 is 9.80 Å². The van der Waals surface area contributed by atoms with Gasteiger partial charge in [0.25, 0.3) is 17.5 Å². The number of benzene rings is 2. The molecule has 2 aliphatic heterocycles. The number of nitrogens with zero attached hydrogens (tertiary/aromatic N) is 4. The molecule has 0 radical (unpaired) electrons. The molecule has 37 heavy (non-hydrogen) atoms. The lowest BCUT2D eigenvalue weighted by molar-refractivity contribution is -0.384. The topological polar surface area (TPSA) is 116 Å². The minimum Gasteiger partial charge on any atom is -0.367 e. The molecule has 2 saturated heterocycles. The number of anilines is 2. The van der Waals surface area contributed by atoms with Crippen LogP contribution in [0.3, 0.4) is 0 Å². The molecule has 0 atom stereocenters. The smallest absolute Gasteiger partial charge is 0.270 e. The average molecular weight is 522 g/mol. The van der Waals surface area contributed by atoms with E-state index in [9.17, 15) is 24.5 Å². The van der Waals surface area contributed by atoms with Gasteiger partial charge >= 0.3 is 0 Å². The van der Waals surface area contributed by atoms with Gasteiger partial charge in [0.2, 0.25) is 5.91 Å². The molecule has 0 spiro atoms. The first-order valence-corrected chi connectivity index (χ1v) is 12.2. The molecule has 2 aliphatic rings. The van der Waals surface area contributed by atoms with Crippen LogP contribution in [0.4, 0.5) is 17.1 Å². The van der Waals surface area contributed by atoms with Crippen molar-refractivity contribution in [3.8, 4) is 0 Å². The number of carbonyl (C=O) groups excluding carboxylic acids is 3. The van der Waals surface area contributed by atoms with Crippen LogP contribution in [0.2, 0.25) is 0 Å². The fourth-order valence-electron chi connectivity index (χ4n) is 4.86. The summed E-state index contributed by atoms with van der Waals surface area (Å²) in [6.07, 6.45) is 1.38. The van der Waals surface area contributed by atoms with Gasteiger partial charge in [-0.25, -0.2) is 0 Å². The molecule has 4 rings (SSSR count). The largest absolute Gasteiger partial charge is 0.367 e. The number of thiocarbonyl (C=S) groups is 1. The van der Waals surface area contributed by atoms with E-state index >= 15 is 0 Å². The molecule has 1 N–H and O–H groups in total. The van der Waals surface area contributed by atoms with Crippen molar-refractivity contribution < 1.29 is 19.3 Å². The molecule has 10 nitrogen and oxygen atoms in total. The quantitative estimate of drug-likeness (QED) is 0.216. The zero-order valence-electron chi connectivity index (χ0n) is 21.0. The maximum atomic E-state index is 13.7. The molecule has 2 aromatic carbocycles. The second-order valence-corrected chi connectivity index (χ2v) is 9.59. The van der Waals surface area contributed by atoms with Gasteiger partial charge in [-0.3, -0.25) is 34.7 Å². The lowest BCUT2D eigenvalue weighted by Gasteiger charge is -2.36. The summed E-state index contributed by atoms with van der Waals surface area (Å²) >= 11 is 5.36. The highest BCUT2D eigenvalue weighted by atomic mass is 32.1. The van der Waals surface area contributed by atoms with Crippen LogP contribution in [0.5, 0.6) is 0 Å². The lowest BCUT2D eigenvalue weighted by atomic mass is 10.0. The van der Waals surface area contributed by atoms with Crippen molar-refractivity contribution in [3.63, 3.8) is 0 Å². The molecule has 3 amide bonds. The number of amides is 3. The molecule has 192 valence electrons. The van der Waals surface area contributed by atoms with E-state index in [1.54, 1.807) is 11.0 Å². The van der Waals surface area contributed by atoms with Crippen LogP contribution in [0.15, 0.2) is 35.9 Å². The Morgan fingerprint density at radius 1 is 1.05 bits per heavy atom. The minimum atomic E-state index is -0.674. The van der Waals surface area contributed by atoms with Gasteiger partial charge in [-0.2, -0.15) is 0 Å². The fraction of sp³-hybridized carbons (Fsp3) is 0.308. The number of nitro benzene ring substituents is 1. The predicted molar refractivity (Wildman–Crippen MR) is 144 cm³/mol. The number of carbonyl (C=O) groups is 3. The third kappa shape index (κ3) is 5.08. The number of nitrogens with one attached hydrogen (secondary N) is 1. The van der Waals surface area contributed by atoms with E-state index in [4.69, 9.17) is 12.2 Å². The van der Waals surface area contributed by atoms with Crippen LogP contribution in [-0.4, -0.2) is 58.8 Å². The summed E-state index contributed by atoms with van der Waals surface area (Å²) in [6.45, 7) is 9.20. The Bertz CT molecular complexity index is 1350. The van der Waals surface area contributed by atoms with Crippen LogP contribution in [-0.2, 0) is 14.4 Å². The molecule has 0 aromatic heterocycles. The lowest BCUT2D eigenvalue weighted by Crippen LogP contribution is -2.54. The molecule has 2 heterocycles. The number of aryl methyl sites for hydroxylation is 3. The van der Waals surface area contributed by atoms with Crippen LogP contribution in [0, 0.1) is 30.9 Å². The van der Waals surface area contributed by atoms with Crippen molar-refractivity contribution in [2.24, 2.45) is 0 Å². The Morgan fingerprint density at radius 2 is 1.68 bits per heavy atom. The summed E-state index contributed by atoms with van der Waals surface area (Å²) in [5.74, 6) is -1.30. The predicted octanol–water partition coefficient (Wildman–Crippen LogP) is 3.02. The maximum absolute atomic E-state index is 13.7. The van der Waals surface area contributed by atoms with Crippen molar-refractivity contribution in [1.82, 2.24) is 10.2 Å². The first-order valence-electron chi connectivity index (χ1n) is 11.8. The second kappa shape index (κ2) is 10.1. The molecule has 0 aliphatic carbocycles. The fourth-order valence-corrected chi connectivity index (χ4v) is 5.13. The number of hydrogen-bond acceptors (Lipinski definition) is 7. The summed E-state index contributed by atoms with van der Waals surface area (Å²) < 4.78 is 0. The van der Waals surface area contributed by atoms with Crippen molar-refractivity contribution in [2.45, 2.75) is 27.7 Å². The number of non-ortho nitro benzene ring substituents is 1. The molecule has 2 aromatic rings. The Balaban J connectivity index is 1.78. The second-order valence-electron chi connectivity index (χ2n) is 9.20. The van der Waals surface area contributed by atoms with E-state index in [2.05, 4.69) is 5.32 Å². The molecule has 0 bridgehead atoms. The summed E-state index contributed by atoms with van der Waals surface area (Å²) in [5.41, 5.74) is 3.90. The summed E-state index contributed by atoms with van der Waals surface area (Å²) in [4.78, 5) is 54.4. The first-order chi connectivity index (χ1) is 17.5. The molecule has 2 fully saturated rings. The Morgan fingerprint density at radius 3 is 2.24 bits per heavy atom.